The zero-order valence-corrected chi connectivity index (χ0v) is 15.7. The van der Waals surface area contributed by atoms with Crippen LogP contribution in [0.3, 0.4) is 0 Å². The number of hydrogen-bond donors (Lipinski definition) is 2. The second-order valence-electron chi connectivity index (χ2n) is 5.21. The van der Waals surface area contributed by atoms with Crippen LogP contribution in [-0.4, -0.2) is 21.9 Å². The molecule has 2 aromatic carbocycles. The SMILES string of the molecule is Cc1ccc(NC(=O)CSc2nnc(Nc3cccc(Cl)c3)s2)cc1. The largest absolute Gasteiger partial charge is 0.330 e. The minimum atomic E-state index is -0.0756. The summed E-state index contributed by atoms with van der Waals surface area (Å²) in [7, 11) is 0. The van der Waals surface area contributed by atoms with Gasteiger partial charge in [-0.2, -0.15) is 0 Å². The first kappa shape index (κ1) is 17.7. The van der Waals surface area contributed by atoms with Gasteiger partial charge in [-0.05, 0) is 37.3 Å². The first-order chi connectivity index (χ1) is 12.1. The topological polar surface area (TPSA) is 66.9 Å². The Morgan fingerprint density at radius 3 is 2.72 bits per heavy atom. The van der Waals surface area contributed by atoms with Gasteiger partial charge in [0.15, 0.2) is 4.34 Å². The van der Waals surface area contributed by atoms with E-state index >= 15 is 0 Å². The molecule has 3 rings (SSSR count). The fourth-order valence-electron chi connectivity index (χ4n) is 1.97. The normalized spacial score (nSPS) is 10.5. The van der Waals surface area contributed by atoms with Gasteiger partial charge in [-0.15, -0.1) is 10.2 Å². The molecule has 25 heavy (non-hydrogen) atoms. The number of nitrogens with zero attached hydrogens (tertiary/aromatic N) is 2. The van der Waals surface area contributed by atoms with Crippen LogP contribution >= 0.6 is 34.7 Å². The van der Waals surface area contributed by atoms with E-state index in [-0.39, 0.29) is 11.7 Å². The lowest BCUT2D eigenvalue weighted by Gasteiger charge is -2.04. The fourth-order valence-corrected chi connectivity index (χ4v) is 3.73. The number of thioether (sulfide) groups is 1. The van der Waals surface area contributed by atoms with Gasteiger partial charge in [0, 0.05) is 16.4 Å². The van der Waals surface area contributed by atoms with Crippen LogP contribution in [0.25, 0.3) is 0 Å². The molecule has 1 heterocycles. The molecule has 2 N–H and O–H groups in total. The Kier molecular flexibility index (Phi) is 5.91. The van der Waals surface area contributed by atoms with Crippen molar-refractivity contribution in [3.05, 3.63) is 59.1 Å². The quantitative estimate of drug-likeness (QED) is 0.581. The van der Waals surface area contributed by atoms with Crippen LogP contribution in [0.15, 0.2) is 52.9 Å². The third-order valence-corrected chi connectivity index (χ3v) is 5.35. The minimum absolute atomic E-state index is 0.0756. The van der Waals surface area contributed by atoms with Crippen molar-refractivity contribution in [2.24, 2.45) is 0 Å². The van der Waals surface area contributed by atoms with E-state index in [1.54, 1.807) is 6.07 Å². The molecule has 0 radical (unpaired) electrons. The second kappa shape index (κ2) is 8.33. The number of benzene rings is 2. The number of carbonyl (C=O) groups is 1. The Labute approximate surface area is 158 Å². The van der Waals surface area contributed by atoms with E-state index in [0.717, 1.165) is 21.3 Å². The average molecular weight is 391 g/mol. The second-order valence-corrected chi connectivity index (χ2v) is 7.85. The summed E-state index contributed by atoms with van der Waals surface area (Å²) in [4.78, 5) is 12.0. The zero-order valence-electron chi connectivity index (χ0n) is 13.3. The number of aromatic nitrogens is 2. The molecule has 0 aliphatic carbocycles. The standard InChI is InChI=1S/C17H15ClN4OS2/c1-11-5-7-13(8-6-11)19-15(23)10-24-17-22-21-16(25-17)20-14-4-2-3-12(18)9-14/h2-9H,10H2,1H3,(H,19,23)(H,20,21). The molecule has 0 unspecified atom stereocenters. The number of rotatable bonds is 6. The summed E-state index contributed by atoms with van der Waals surface area (Å²) in [5.41, 5.74) is 2.79. The van der Waals surface area contributed by atoms with Crippen molar-refractivity contribution in [2.75, 3.05) is 16.4 Å². The third-order valence-electron chi connectivity index (χ3n) is 3.14. The fraction of sp³-hybridized carbons (Fsp3) is 0.118. The van der Waals surface area contributed by atoms with Gasteiger partial charge in [-0.25, -0.2) is 0 Å². The third kappa shape index (κ3) is 5.45. The van der Waals surface area contributed by atoms with E-state index in [4.69, 9.17) is 11.6 Å². The minimum Gasteiger partial charge on any atom is -0.330 e. The van der Waals surface area contributed by atoms with Gasteiger partial charge >= 0.3 is 0 Å². The van der Waals surface area contributed by atoms with E-state index in [0.29, 0.717) is 10.2 Å². The Morgan fingerprint density at radius 1 is 1.16 bits per heavy atom. The number of nitrogens with one attached hydrogen (secondary N) is 2. The smallest absolute Gasteiger partial charge is 0.234 e. The maximum Gasteiger partial charge on any atom is 0.234 e. The summed E-state index contributed by atoms with van der Waals surface area (Å²) < 4.78 is 0.726. The predicted molar refractivity (Wildman–Crippen MR) is 105 cm³/mol. The van der Waals surface area contributed by atoms with E-state index in [2.05, 4.69) is 20.8 Å². The summed E-state index contributed by atoms with van der Waals surface area (Å²) in [5.74, 6) is 0.202. The molecule has 0 aliphatic heterocycles. The summed E-state index contributed by atoms with van der Waals surface area (Å²) in [6, 6.07) is 15.1. The Bertz CT molecular complexity index is 867. The number of hydrogen-bond acceptors (Lipinski definition) is 6. The molecule has 1 aromatic heterocycles. The van der Waals surface area contributed by atoms with Crippen molar-refractivity contribution in [2.45, 2.75) is 11.3 Å². The lowest BCUT2D eigenvalue weighted by molar-refractivity contribution is -0.113. The molecule has 0 bridgehead atoms. The van der Waals surface area contributed by atoms with Crippen LogP contribution in [0, 0.1) is 6.92 Å². The van der Waals surface area contributed by atoms with E-state index in [1.807, 2.05) is 49.4 Å². The number of halogens is 1. The van der Waals surface area contributed by atoms with Crippen LogP contribution in [0.4, 0.5) is 16.5 Å². The van der Waals surface area contributed by atoms with Crippen molar-refractivity contribution in [3.63, 3.8) is 0 Å². The highest BCUT2D eigenvalue weighted by Gasteiger charge is 2.09. The molecule has 8 heteroatoms. The first-order valence-corrected chi connectivity index (χ1v) is 9.62. The van der Waals surface area contributed by atoms with E-state index < -0.39 is 0 Å². The summed E-state index contributed by atoms with van der Waals surface area (Å²) >= 11 is 8.70. The molecule has 0 saturated heterocycles. The zero-order chi connectivity index (χ0) is 17.6. The molecular weight excluding hydrogens is 376 g/mol. The number of aryl methyl sites for hydroxylation is 1. The van der Waals surface area contributed by atoms with Gasteiger partial charge in [0.1, 0.15) is 0 Å². The molecule has 5 nitrogen and oxygen atoms in total. The summed E-state index contributed by atoms with van der Waals surface area (Å²) in [6.45, 7) is 2.01. The highest BCUT2D eigenvalue weighted by atomic mass is 35.5. The van der Waals surface area contributed by atoms with Crippen LogP contribution in [0.1, 0.15) is 5.56 Å². The average Bonchev–Trinajstić information content (AvgIpc) is 3.03. The Balaban J connectivity index is 1.51. The Morgan fingerprint density at radius 2 is 1.96 bits per heavy atom. The first-order valence-electron chi connectivity index (χ1n) is 7.44. The lowest BCUT2D eigenvalue weighted by atomic mass is 10.2. The predicted octanol–water partition coefficient (Wildman–Crippen LogP) is 4.97. The van der Waals surface area contributed by atoms with Crippen LogP contribution in [-0.2, 0) is 4.79 Å². The molecular formula is C17H15ClN4OS2. The van der Waals surface area contributed by atoms with Gasteiger partial charge in [0.05, 0.1) is 5.75 Å². The van der Waals surface area contributed by atoms with Crippen LogP contribution in [0.5, 0.6) is 0 Å². The van der Waals surface area contributed by atoms with Gasteiger partial charge in [-0.1, -0.05) is 58.5 Å². The number of carbonyl (C=O) groups excluding carboxylic acids is 1. The molecule has 0 saturated carbocycles. The van der Waals surface area contributed by atoms with Gasteiger partial charge in [-0.3, -0.25) is 4.79 Å². The van der Waals surface area contributed by atoms with Crippen molar-refractivity contribution >= 4 is 57.1 Å². The molecule has 0 fully saturated rings. The summed E-state index contributed by atoms with van der Waals surface area (Å²) in [5, 5.41) is 15.5. The van der Waals surface area contributed by atoms with Crippen molar-refractivity contribution in [3.8, 4) is 0 Å². The van der Waals surface area contributed by atoms with Crippen molar-refractivity contribution < 1.29 is 4.79 Å². The molecule has 0 atom stereocenters. The lowest BCUT2D eigenvalue weighted by Crippen LogP contribution is -2.13. The van der Waals surface area contributed by atoms with Crippen LogP contribution in [0.2, 0.25) is 5.02 Å². The molecule has 3 aromatic rings. The molecule has 0 spiro atoms. The van der Waals surface area contributed by atoms with Crippen molar-refractivity contribution in [1.29, 1.82) is 0 Å². The van der Waals surface area contributed by atoms with E-state index in [1.165, 1.54) is 23.1 Å². The van der Waals surface area contributed by atoms with Crippen molar-refractivity contribution in [1.82, 2.24) is 10.2 Å². The van der Waals surface area contributed by atoms with Gasteiger partial charge < -0.3 is 10.6 Å². The summed E-state index contributed by atoms with van der Waals surface area (Å²) in [6.07, 6.45) is 0. The highest BCUT2D eigenvalue weighted by Crippen LogP contribution is 2.28. The number of anilines is 3. The highest BCUT2D eigenvalue weighted by molar-refractivity contribution is 8.01. The van der Waals surface area contributed by atoms with E-state index in [9.17, 15) is 4.79 Å². The molecule has 1 amide bonds. The molecule has 128 valence electrons. The number of amides is 1. The van der Waals surface area contributed by atoms with Gasteiger partial charge in [0.25, 0.3) is 0 Å². The van der Waals surface area contributed by atoms with Crippen LogP contribution < -0.4 is 10.6 Å². The van der Waals surface area contributed by atoms with Gasteiger partial charge in [0.2, 0.25) is 11.0 Å². The molecule has 0 aliphatic rings. The maximum absolute atomic E-state index is 12.0. The monoisotopic (exact) mass is 390 g/mol. The maximum atomic E-state index is 12.0. The Hall–Kier alpha value is -2.09.